The molecule has 1 aromatic carbocycles. The van der Waals surface area contributed by atoms with Gasteiger partial charge in [0.2, 0.25) is 0 Å². The number of aromatic nitrogens is 3. The summed E-state index contributed by atoms with van der Waals surface area (Å²) in [5.41, 5.74) is 9.10. The van der Waals surface area contributed by atoms with E-state index in [1.165, 1.54) is 0 Å². The molecule has 0 aliphatic carbocycles. The number of aliphatic carboxylic acids is 1. The summed E-state index contributed by atoms with van der Waals surface area (Å²) in [4.78, 5) is 25.3. The van der Waals surface area contributed by atoms with Crippen LogP contribution >= 0.6 is 0 Å². The van der Waals surface area contributed by atoms with Crippen LogP contribution in [0.4, 0.5) is 13.2 Å². The zero-order chi connectivity index (χ0) is 22.1. The van der Waals surface area contributed by atoms with E-state index in [-0.39, 0.29) is 11.9 Å². The Morgan fingerprint density at radius 2 is 1.73 bits per heavy atom. The summed E-state index contributed by atoms with van der Waals surface area (Å²) in [6.45, 7) is 0.345. The topological polar surface area (TPSA) is 134 Å². The van der Waals surface area contributed by atoms with Gasteiger partial charge in [0.1, 0.15) is 5.69 Å². The fourth-order valence-corrected chi connectivity index (χ4v) is 2.32. The molecule has 3 rings (SSSR count). The van der Waals surface area contributed by atoms with Crippen molar-refractivity contribution >= 4 is 11.9 Å². The van der Waals surface area contributed by atoms with Crippen molar-refractivity contribution in [3.8, 4) is 11.1 Å². The molecule has 1 unspecified atom stereocenters. The number of carbonyl (C=O) groups excluding carboxylic acids is 1. The third-order valence-electron chi connectivity index (χ3n) is 3.81. The van der Waals surface area contributed by atoms with Crippen molar-refractivity contribution < 1.29 is 27.9 Å². The number of hydrogen-bond acceptors (Lipinski definition) is 5. The number of halogens is 3. The molecular weight excluding hydrogens is 403 g/mol. The molecule has 1 amide bonds. The lowest BCUT2D eigenvalue weighted by atomic mass is 10.1. The molecule has 2 aromatic heterocycles. The van der Waals surface area contributed by atoms with Crippen molar-refractivity contribution in [1.82, 2.24) is 20.5 Å². The normalized spacial score (nSPS) is 11.7. The van der Waals surface area contributed by atoms with Gasteiger partial charge in [-0.25, -0.2) is 4.79 Å². The Morgan fingerprint density at radius 3 is 2.30 bits per heavy atom. The molecule has 0 fully saturated rings. The minimum absolute atomic E-state index is 0.235. The maximum Gasteiger partial charge on any atom is 0.490 e. The second kappa shape index (κ2) is 10.2. The van der Waals surface area contributed by atoms with Crippen LogP contribution in [0.1, 0.15) is 22.1 Å². The Hall–Kier alpha value is -3.73. The van der Waals surface area contributed by atoms with Gasteiger partial charge >= 0.3 is 12.1 Å². The Labute approximate surface area is 168 Å². The molecule has 0 aliphatic heterocycles. The van der Waals surface area contributed by atoms with Crippen LogP contribution < -0.4 is 11.1 Å². The molecule has 5 N–H and O–H groups in total. The summed E-state index contributed by atoms with van der Waals surface area (Å²) in [5.74, 6) is -2.99. The second-order valence-corrected chi connectivity index (χ2v) is 5.92. The number of amides is 1. The summed E-state index contributed by atoms with van der Waals surface area (Å²) in [7, 11) is 0. The minimum Gasteiger partial charge on any atom is -0.475 e. The van der Waals surface area contributed by atoms with Crippen molar-refractivity contribution in [1.29, 1.82) is 0 Å². The number of alkyl halides is 3. The Bertz CT molecular complexity index is 962. The monoisotopic (exact) mass is 421 g/mol. The van der Waals surface area contributed by atoms with Crippen molar-refractivity contribution in [2.45, 2.75) is 12.2 Å². The van der Waals surface area contributed by atoms with E-state index >= 15 is 0 Å². The first-order chi connectivity index (χ1) is 14.2. The van der Waals surface area contributed by atoms with Gasteiger partial charge in [-0.3, -0.25) is 14.9 Å². The highest BCUT2D eigenvalue weighted by Gasteiger charge is 2.38. The Morgan fingerprint density at radius 1 is 1.13 bits per heavy atom. The van der Waals surface area contributed by atoms with Crippen molar-refractivity contribution in [2.24, 2.45) is 5.73 Å². The van der Waals surface area contributed by atoms with Crippen LogP contribution in [0.25, 0.3) is 11.1 Å². The van der Waals surface area contributed by atoms with Crippen molar-refractivity contribution in [2.75, 3.05) is 6.54 Å². The van der Waals surface area contributed by atoms with E-state index in [2.05, 4.69) is 20.5 Å². The van der Waals surface area contributed by atoms with Gasteiger partial charge in [0.05, 0.1) is 6.20 Å². The van der Waals surface area contributed by atoms with Crippen LogP contribution in [-0.2, 0) is 4.79 Å². The van der Waals surface area contributed by atoms with Gasteiger partial charge in [0.15, 0.2) is 0 Å². The average molecular weight is 421 g/mol. The van der Waals surface area contributed by atoms with Gasteiger partial charge in [0.25, 0.3) is 5.91 Å². The van der Waals surface area contributed by atoms with Crippen molar-refractivity contribution in [3.05, 3.63) is 72.3 Å². The van der Waals surface area contributed by atoms with E-state index in [0.717, 1.165) is 16.7 Å². The molecule has 8 nitrogen and oxygen atoms in total. The number of H-pyrrole nitrogens is 1. The van der Waals surface area contributed by atoms with E-state index in [0.29, 0.717) is 12.2 Å². The largest absolute Gasteiger partial charge is 0.490 e. The first-order valence-corrected chi connectivity index (χ1v) is 8.52. The van der Waals surface area contributed by atoms with Crippen LogP contribution in [0.2, 0.25) is 0 Å². The molecule has 158 valence electrons. The maximum atomic E-state index is 12.4. The van der Waals surface area contributed by atoms with Gasteiger partial charge in [-0.05, 0) is 23.3 Å². The molecule has 0 saturated heterocycles. The fraction of sp³-hybridized carbons (Fsp3) is 0.158. The molecule has 0 aliphatic rings. The second-order valence-electron chi connectivity index (χ2n) is 5.92. The first kappa shape index (κ1) is 22.6. The van der Waals surface area contributed by atoms with E-state index in [1.807, 2.05) is 42.5 Å². The predicted molar refractivity (Wildman–Crippen MR) is 101 cm³/mol. The number of nitrogens with zero attached hydrogens (tertiary/aromatic N) is 2. The zero-order valence-corrected chi connectivity index (χ0v) is 15.4. The van der Waals surface area contributed by atoms with Crippen molar-refractivity contribution in [3.63, 3.8) is 0 Å². The van der Waals surface area contributed by atoms with Crippen LogP contribution in [-0.4, -0.2) is 44.9 Å². The summed E-state index contributed by atoms with van der Waals surface area (Å²) >= 11 is 0. The predicted octanol–water partition coefficient (Wildman–Crippen LogP) is 2.53. The highest BCUT2D eigenvalue weighted by Crippen LogP contribution is 2.21. The number of rotatable bonds is 5. The molecule has 3 aromatic rings. The summed E-state index contributed by atoms with van der Waals surface area (Å²) in [5, 5.41) is 16.7. The number of nitrogens with two attached hydrogens (primary N) is 1. The lowest BCUT2D eigenvalue weighted by Gasteiger charge is -2.13. The number of hydrogen-bond donors (Lipinski definition) is 4. The van der Waals surface area contributed by atoms with Crippen LogP contribution in [0.3, 0.4) is 0 Å². The minimum atomic E-state index is -5.08. The number of pyridine rings is 1. The maximum absolute atomic E-state index is 12.4. The smallest absolute Gasteiger partial charge is 0.475 e. The fourth-order valence-electron chi connectivity index (χ4n) is 2.32. The highest BCUT2D eigenvalue weighted by molar-refractivity contribution is 5.98. The lowest BCUT2D eigenvalue weighted by molar-refractivity contribution is -0.192. The molecular formula is C19H18F3N5O3. The molecule has 0 spiro atoms. The summed E-state index contributed by atoms with van der Waals surface area (Å²) in [6, 6.07) is 13.1. The third kappa shape index (κ3) is 6.41. The van der Waals surface area contributed by atoms with E-state index in [1.54, 1.807) is 18.6 Å². The molecule has 1 atom stereocenters. The van der Waals surface area contributed by atoms with Gasteiger partial charge in [-0.2, -0.15) is 18.3 Å². The quantitative estimate of drug-likeness (QED) is 0.500. The van der Waals surface area contributed by atoms with Crippen LogP contribution in [0.5, 0.6) is 0 Å². The molecule has 0 radical (unpaired) electrons. The van der Waals surface area contributed by atoms with Crippen LogP contribution in [0.15, 0.2) is 61.1 Å². The number of carbonyl (C=O) groups is 2. The van der Waals surface area contributed by atoms with E-state index in [4.69, 9.17) is 15.6 Å². The zero-order valence-electron chi connectivity index (χ0n) is 15.4. The third-order valence-corrected chi connectivity index (χ3v) is 3.81. The number of carboxylic acids is 1. The first-order valence-electron chi connectivity index (χ1n) is 8.52. The van der Waals surface area contributed by atoms with E-state index < -0.39 is 12.1 Å². The number of nitrogens with one attached hydrogen (secondary N) is 2. The molecule has 2 heterocycles. The van der Waals surface area contributed by atoms with Crippen LogP contribution in [0, 0.1) is 0 Å². The molecule has 0 saturated carbocycles. The highest BCUT2D eigenvalue weighted by atomic mass is 19.4. The number of carboxylic acid groups (broad SMARTS) is 1. The SMILES string of the molecule is NC(CNC(=O)c1[nH]ncc1-c1ccncc1)c1ccccc1.O=C(O)C(F)(F)F. The standard InChI is InChI=1S/C17H17N5O.C2HF3O2/c18-15(13-4-2-1-3-5-13)11-20-17(23)16-14(10-21-22-16)12-6-8-19-9-7-12;3-2(4,5)1(6)7/h1-10,15H,11,18H2,(H,20,23)(H,21,22);(H,6,7). The summed E-state index contributed by atoms with van der Waals surface area (Å²) < 4.78 is 31.7. The number of benzene rings is 1. The number of aromatic amines is 1. The van der Waals surface area contributed by atoms with Gasteiger partial charge in [0, 0.05) is 30.5 Å². The lowest BCUT2D eigenvalue weighted by Crippen LogP contribution is -2.32. The Balaban J connectivity index is 0.000000396. The Kier molecular flexibility index (Phi) is 7.64. The molecule has 30 heavy (non-hydrogen) atoms. The van der Waals surface area contributed by atoms with Gasteiger partial charge in [-0.15, -0.1) is 0 Å². The average Bonchev–Trinajstić information content (AvgIpc) is 3.23. The van der Waals surface area contributed by atoms with E-state index in [9.17, 15) is 18.0 Å². The summed E-state index contributed by atoms with van der Waals surface area (Å²) in [6.07, 6.45) is -0.105. The van der Waals surface area contributed by atoms with Gasteiger partial charge < -0.3 is 16.2 Å². The molecule has 0 bridgehead atoms. The van der Waals surface area contributed by atoms with Gasteiger partial charge in [-0.1, -0.05) is 30.3 Å². The molecule has 11 heteroatoms.